The number of halogens is 2. The van der Waals surface area contributed by atoms with Crippen molar-refractivity contribution in [1.82, 2.24) is 9.80 Å². The molecule has 1 aromatic carbocycles. The number of phenolic OH excluding ortho intramolecular Hbond substituents is 1. The Morgan fingerprint density at radius 1 is 1.12 bits per heavy atom. The van der Waals surface area contributed by atoms with Crippen LogP contribution in [0.2, 0.25) is 0 Å². The quantitative estimate of drug-likeness (QED) is 0.383. The van der Waals surface area contributed by atoms with Crippen molar-refractivity contribution in [2.45, 2.75) is 35.4 Å². The number of rotatable bonds is 3. The fourth-order valence-electron chi connectivity index (χ4n) is 6.44. The normalized spacial score (nSPS) is 36.9. The molecule has 6 atom stereocenters. The van der Waals surface area contributed by atoms with Gasteiger partial charge in [0, 0.05) is 25.1 Å². The molecule has 180 valence electrons. The van der Waals surface area contributed by atoms with Crippen LogP contribution in [0.1, 0.15) is 31.2 Å². The standard InChI is InChI=1S/C24H24Cl2N2O6/c1-4-28-19(30)12-9-8-11-13(16(12)20(28)31)10-23(25)21(32)27(2)22(33)24(23,26)18(11)17-14(29)6-5-7-15(17)34-3/h5-8,12-13,16,18,29H,4,9-10H2,1-3H3. The number of carbonyl (C=O) groups is 4. The Kier molecular flexibility index (Phi) is 5.08. The first kappa shape index (κ1) is 23.2. The van der Waals surface area contributed by atoms with Gasteiger partial charge in [0.05, 0.1) is 18.9 Å². The van der Waals surface area contributed by atoms with Gasteiger partial charge < -0.3 is 9.84 Å². The maximum Gasteiger partial charge on any atom is 0.253 e. The predicted octanol–water partition coefficient (Wildman–Crippen LogP) is 2.41. The van der Waals surface area contributed by atoms with E-state index in [1.807, 2.05) is 6.08 Å². The second-order valence-corrected chi connectivity index (χ2v) is 10.6. The highest BCUT2D eigenvalue weighted by Crippen LogP contribution is 2.66. The van der Waals surface area contributed by atoms with Crippen molar-refractivity contribution in [3.63, 3.8) is 0 Å². The number of likely N-dealkylation sites (tertiary alicyclic amines) is 2. The van der Waals surface area contributed by atoms with Gasteiger partial charge in [-0.3, -0.25) is 29.0 Å². The first-order valence-electron chi connectivity index (χ1n) is 11.2. The van der Waals surface area contributed by atoms with Crippen LogP contribution in [0, 0.1) is 17.8 Å². The largest absolute Gasteiger partial charge is 0.508 e. The molecule has 4 amide bonds. The lowest BCUT2D eigenvalue weighted by Crippen LogP contribution is -2.60. The van der Waals surface area contributed by atoms with Gasteiger partial charge in [0.15, 0.2) is 9.75 Å². The molecule has 5 rings (SSSR count). The lowest BCUT2D eigenvalue weighted by atomic mass is 9.56. The van der Waals surface area contributed by atoms with Gasteiger partial charge in [0.2, 0.25) is 11.8 Å². The fourth-order valence-corrected chi connectivity index (χ4v) is 7.44. The zero-order valence-electron chi connectivity index (χ0n) is 18.9. The summed E-state index contributed by atoms with van der Waals surface area (Å²) in [6, 6.07) is 4.65. The minimum atomic E-state index is -1.96. The number of benzene rings is 1. The Bertz CT molecular complexity index is 1180. The van der Waals surface area contributed by atoms with Gasteiger partial charge in [-0.2, -0.15) is 0 Å². The minimum absolute atomic E-state index is 0.0804. The van der Waals surface area contributed by atoms with Crippen molar-refractivity contribution in [2.75, 3.05) is 20.7 Å². The van der Waals surface area contributed by atoms with E-state index in [2.05, 4.69) is 0 Å². The molecule has 0 bridgehead atoms. The third kappa shape index (κ3) is 2.56. The van der Waals surface area contributed by atoms with E-state index >= 15 is 0 Å². The summed E-state index contributed by atoms with van der Waals surface area (Å²) < 4.78 is 5.51. The first-order valence-corrected chi connectivity index (χ1v) is 11.9. The number of amides is 4. The van der Waals surface area contributed by atoms with Gasteiger partial charge in [-0.05, 0) is 37.8 Å². The number of hydrogen-bond donors (Lipinski definition) is 1. The maximum absolute atomic E-state index is 13.5. The highest BCUT2D eigenvalue weighted by molar-refractivity contribution is 6.53. The van der Waals surface area contributed by atoms with Crippen LogP contribution in [0.25, 0.3) is 0 Å². The topological polar surface area (TPSA) is 104 Å². The summed E-state index contributed by atoms with van der Waals surface area (Å²) in [6.07, 6.45) is 2.02. The number of methoxy groups -OCH3 is 1. The number of phenols is 1. The lowest BCUT2D eigenvalue weighted by Gasteiger charge is -2.51. The van der Waals surface area contributed by atoms with E-state index in [1.165, 1.54) is 25.1 Å². The summed E-state index contributed by atoms with van der Waals surface area (Å²) in [5, 5.41) is 10.9. The molecule has 1 saturated carbocycles. The van der Waals surface area contributed by atoms with Crippen molar-refractivity contribution >= 4 is 46.8 Å². The number of carbonyl (C=O) groups excluding carboxylic acids is 4. The molecule has 8 nitrogen and oxygen atoms in total. The summed E-state index contributed by atoms with van der Waals surface area (Å²) >= 11 is 14.1. The van der Waals surface area contributed by atoms with Crippen molar-refractivity contribution in [2.24, 2.45) is 17.8 Å². The van der Waals surface area contributed by atoms with Crippen molar-refractivity contribution < 1.29 is 29.0 Å². The van der Waals surface area contributed by atoms with Crippen molar-refractivity contribution in [3.05, 3.63) is 35.4 Å². The molecular weight excluding hydrogens is 483 g/mol. The third-order valence-electron chi connectivity index (χ3n) is 7.97. The highest BCUT2D eigenvalue weighted by Gasteiger charge is 2.76. The average Bonchev–Trinajstić information content (AvgIpc) is 3.14. The summed E-state index contributed by atoms with van der Waals surface area (Å²) in [7, 11) is 2.74. The van der Waals surface area contributed by atoms with Gasteiger partial charge in [-0.15, -0.1) is 23.2 Å². The van der Waals surface area contributed by atoms with Crippen LogP contribution in [0.3, 0.4) is 0 Å². The Morgan fingerprint density at radius 3 is 2.47 bits per heavy atom. The molecule has 1 aromatic rings. The first-order chi connectivity index (χ1) is 16.0. The highest BCUT2D eigenvalue weighted by atomic mass is 35.5. The van der Waals surface area contributed by atoms with E-state index in [0.29, 0.717) is 5.57 Å². The molecule has 2 aliphatic heterocycles. The zero-order valence-corrected chi connectivity index (χ0v) is 20.4. The lowest BCUT2D eigenvalue weighted by molar-refractivity contribution is -0.141. The van der Waals surface area contributed by atoms with Crippen LogP contribution in [0.5, 0.6) is 11.5 Å². The summed E-state index contributed by atoms with van der Waals surface area (Å²) in [5.74, 6) is -4.79. The number of aromatic hydroxyl groups is 1. The van der Waals surface area contributed by atoms with Crippen LogP contribution in [0.4, 0.5) is 0 Å². The SMILES string of the molecule is CCN1C(=O)C2CC=C3C(CC4(Cl)C(=O)N(C)C(=O)C4(Cl)C3c3c(O)cccc3OC)C2C1=O. The second kappa shape index (κ2) is 7.46. The summed E-state index contributed by atoms with van der Waals surface area (Å²) in [6.45, 7) is 1.98. The maximum atomic E-state index is 13.5. The molecule has 2 aliphatic carbocycles. The van der Waals surface area contributed by atoms with E-state index in [4.69, 9.17) is 27.9 Å². The van der Waals surface area contributed by atoms with Crippen molar-refractivity contribution in [3.8, 4) is 11.5 Å². The number of allylic oxidation sites excluding steroid dienone is 2. The Balaban J connectivity index is 1.79. The smallest absolute Gasteiger partial charge is 0.253 e. The van der Waals surface area contributed by atoms with Gasteiger partial charge in [-0.25, -0.2) is 0 Å². The van der Waals surface area contributed by atoms with E-state index in [9.17, 15) is 24.3 Å². The number of hydrogen-bond acceptors (Lipinski definition) is 6. The molecule has 6 unspecified atom stereocenters. The number of imide groups is 2. The fraction of sp³-hybridized carbons (Fsp3) is 0.500. The molecule has 1 N–H and O–H groups in total. The van der Waals surface area contributed by atoms with Crippen LogP contribution < -0.4 is 4.74 Å². The second-order valence-electron chi connectivity index (χ2n) is 9.31. The molecule has 2 heterocycles. The minimum Gasteiger partial charge on any atom is -0.508 e. The van der Waals surface area contributed by atoms with Crippen LogP contribution in [-0.4, -0.2) is 69.0 Å². The van der Waals surface area contributed by atoms with E-state index < -0.39 is 45.2 Å². The van der Waals surface area contributed by atoms with E-state index in [0.717, 1.165) is 4.90 Å². The van der Waals surface area contributed by atoms with E-state index in [-0.39, 0.29) is 48.3 Å². The predicted molar refractivity (Wildman–Crippen MR) is 123 cm³/mol. The number of ether oxygens (including phenoxy) is 1. The molecule has 4 aliphatic rings. The molecule has 10 heteroatoms. The molecular formula is C24H24Cl2N2O6. The Hall–Kier alpha value is -2.58. The molecule has 0 aromatic heterocycles. The van der Waals surface area contributed by atoms with Gasteiger partial charge >= 0.3 is 0 Å². The Labute approximate surface area is 206 Å². The molecule has 0 radical (unpaired) electrons. The molecule has 34 heavy (non-hydrogen) atoms. The van der Waals surface area contributed by atoms with E-state index in [1.54, 1.807) is 19.1 Å². The van der Waals surface area contributed by atoms with Gasteiger partial charge in [-0.1, -0.05) is 17.7 Å². The molecule has 2 saturated heterocycles. The van der Waals surface area contributed by atoms with Crippen LogP contribution in [-0.2, 0) is 19.2 Å². The summed E-state index contributed by atoms with van der Waals surface area (Å²) in [5.41, 5.74) is 0.836. The van der Waals surface area contributed by atoms with Crippen molar-refractivity contribution in [1.29, 1.82) is 0 Å². The van der Waals surface area contributed by atoms with Crippen LogP contribution in [0.15, 0.2) is 29.8 Å². The number of nitrogens with zero attached hydrogens (tertiary/aromatic N) is 2. The zero-order chi connectivity index (χ0) is 24.7. The number of alkyl halides is 2. The number of fused-ring (bicyclic) bond motifs is 4. The molecule has 3 fully saturated rings. The molecule has 0 spiro atoms. The van der Waals surface area contributed by atoms with Gasteiger partial charge in [0.1, 0.15) is 11.5 Å². The summed E-state index contributed by atoms with van der Waals surface area (Å²) in [4.78, 5) is 51.4. The monoisotopic (exact) mass is 506 g/mol. The Morgan fingerprint density at radius 2 is 1.82 bits per heavy atom. The van der Waals surface area contributed by atoms with Crippen LogP contribution >= 0.6 is 23.2 Å². The third-order valence-corrected chi connectivity index (χ3v) is 9.39. The average molecular weight is 507 g/mol. The van der Waals surface area contributed by atoms with Gasteiger partial charge in [0.25, 0.3) is 11.8 Å².